The Labute approximate surface area is 186 Å². The molecule has 170 valence electrons. The fraction of sp³-hybridized carbons (Fsp3) is 0.278. The molecule has 0 saturated carbocycles. The Morgan fingerprint density at radius 1 is 1.19 bits per heavy atom. The lowest BCUT2D eigenvalue weighted by molar-refractivity contribution is 0.241. The molecule has 2 amide bonds. The van der Waals surface area contributed by atoms with Gasteiger partial charge in [-0.1, -0.05) is 11.6 Å². The number of halogens is 3. The summed E-state index contributed by atoms with van der Waals surface area (Å²) >= 11 is 5.98. The fourth-order valence-electron chi connectivity index (χ4n) is 2.73. The molecule has 2 N–H and O–H groups in total. The van der Waals surface area contributed by atoms with Crippen LogP contribution in [0.5, 0.6) is 0 Å². The number of nitrogens with zero attached hydrogens (tertiary/aromatic N) is 5. The van der Waals surface area contributed by atoms with E-state index in [9.17, 15) is 22.0 Å². The van der Waals surface area contributed by atoms with E-state index in [0.29, 0.717) is 0 Å². The van der Waals surface area contributed by atoms with Crippen LogP contribution in [0, 0.1) is 11.6 Å². The molecule has 0 saturated heterocycles. The van der Waals surface area contributed by atoms with Crippen molar-refractivity contribution in [3.05, 3.63) is 46.7 Å². The highest BCUT2D eigenvalue weighted by atomic mass is 35.5. The minimum absolute atomic E-state index is 0.00594. The summed E-state index contributed by atoms with van der Waals surface area (Å²) in [6, 6.07) is 2.96. The average Bonchev–Trinajstić information content (AvgIpc) is 3.11. The van der Waals surface area contributed by atoms with Crippen LogP contribution in [0.3, 0.4) is 0 Å². The quantitative estimate of drug-likeness (QED) is 0.520. The highest BCUT2D eigenvalue weighted by Crippen LogP contribution is 2.35. The number of carbonyl (C=O) groups is 1. The Hall–Kier alpha value is -3.19. The molecule has 0 atom stereocenters. The van der Waals surface area contributed by atoms with Crippen LogP contribution >= 0.6 is 11.6 Å². The number of carbonyl (C=O) groups excluding carboxylic acids is 1. The summed E-state index contributed by atoms with van der Waals surface area (Å²) in [5.74, 6) is -1.69. The van der Waals surface area contributed by atoms with Gasteiger partial charge in [0.05, 0.1) is 30.6 Å². The van der Waals surface area contributed by atoms with Gasteiger partial charge in [0.2, 0.25) is 5.82 Å². The fourth-order valence-corrected chi connectivity index (χ4v) is 3.41. The van der Waals surface area contributed by atoms with E-state index in [1.54, 1.807) is 0 Å². The molecule has 0 aliphatic rings. The predicted octanol–water partition coefficient (Wildman–Crippen LogP) is 1.71. The number of hydrogen-bond acceptors (Lipinski definition) is 7. The first-order chi connectivity index (χ1) is 15.0. The van der Waals surface area contributed by atoms with Gasteiger partial charge in [0, 0.05) is 29.6 Å². The van der Waals surface area contributed by atoms with E-state index >= 15 is 0 Å². The van der Waals surface area contributed by atoms with Crippen LogP contribution in [0.15, 0.2) is 24.4 Å². The van der Waals surface area contributed by atoms with E-state index in [1.807, 2.05) is 0 Å². The number of tetrazole rings is 1. The summed E-state index contributed by atoms with van der Waals surface area (Å²) < 4.78 is 51.4. The van der Waals surface area contributed by atoms with Gasteiger partial charge in [-0.3, -0.25) is 4.98 Å². The van der Waals surface area contributed by atoms with Crippen molar-refractivity contribution in [2.24, 2.45) is 7.05 Å². The van der Waals surface area contributed by atoms with Crippen LogP contribution in [-0.4, -0.2) is 58.2 Å². The van der Waals surface area contributed by atoms with Gasteiger partial charge in [-0.15, -0.1) is 10.2 Å². The summed E-state index contributed by atoms with van der Waals surface area (Å²) in [6.45, 7) is -0.335. The molecule has 32 heavy (non-hydrogen) atoms. The molecular weight excluding hydrogens is 468 g/mol. The van der Waals surface area contributed by atoms with Gasteiger partial charge in [0.1, 0.15) is 21.5 Å². The summed E-state index contributed by atoms with van der Waals surface area (Å²) in [6.07, 6.45) is 2.34. The molecule has 0 fully saturated rings. The Kier molecular flexibility index (Phi) is 6.99. The van der Waals surface area contributed by atoms with E-state index in [2.05, 4.69) is 31.0 Å². The lowest BCUT2D eigenvalue weighted by Crippen LogP contribution is -2.37. The van der Waals surface area contributed by atoms with Gasteiger partial charge in [-0.25, -0.2) is 22.0 Å². The van der Waals surface area contributed by atoms with Crippen molar-refractivity contribution >= 4 is 27.5 Å². The van der Waals surface area contributed by atoms with Crippen LogP contribution in [0.4, 0.5) is 13.6 Å². The molecule has 0 aliphatic heterocycles. The number of hydrogen-bond donors (Lipinski definition) is 2. The van der Waals surface area contributed by atoms with Gasteiger partial charge in [0.25, 0.3) is 0 Å². The molecule has 0 radical (unpaired) electrons. The first-order valence-electron chi connectivity index (χ1n) is 9.11. The van der Waals surface area contributed by atoms with Crippen molar-refractivity contribution in [1.29, 1.82) is 0 Å². The van der Waals surface area contributed by atoms with Crippen molar-refractivity contribution in [2.45, 2.75) is 6.54 Å². The molecule has 0 aliphatic carbocycles. The Bertz CT molecular complexity index is 1270. The first-order valence-corrected chi connectivity index (χ1v) is 11.5. The normalized spacial score (nSPS) is 11.4. The maximum absolute atomic E-state index is 14.6. The molecule has 2 aromatic heterocycles. The van der Waals surface area contributed by atoms with Gasteiger partial charge < -0.3 is 10.6 Å². The smallest absolute Gasteiger partial charge is 0.315 e. The second-order valence-electron chi connectivity index (χ2n) is 6.80. The Morgan fingerprint density at radius 2 is 1.94 bits per heavy atom. The highest BCUT2D eigenvalue weighted by molar-refractivity contribution is 7.90. The second-order valence-corrected chi connectivity index (χ2v) is 9.50. The zero-order chi connectivity index (χ0) is 23.5. The predicted molar refractivity (Wildman–Crippen MR) is 112 cm³/mol. The summed E-state index contributed by atoms with van der Waals surface area (Å²) in [5.41, 5.74) is 0.341. The van der Waals surface area contributed by atoms with E-state index in [4.69, 9.17) is 11.6 Å². The maximum atomic E-state index is 14.6. The van der Waals surface area contributed by atoms with Gasteiger partial charge >= 0.3 is 6.03 Å². The standard InChI is InChI=1S/C18H18ClF2N7O3S/c1-28-26-17(25-27-28)16-12(6-11(19)7-14(16)21)10-5-13(20)15(23-8-10)9-24-18(29)22-3-4-32(2,30)31/h5-8H,3-4,9H2,1-2H3,(H2,22,24,29). The topological polar surface area (TPSA) is 132 Å². The number of urea groups is 1. The largest absolute Gasteiger partial charge is 0.337 e. The number of rotatable bonds is 7. The first kappa shape index (κ1) is 23.5. The van der Waals surface area contributed by atoms with E-state index in [1.165, 1.54) is 19.3 Å². The van der Waals surface area contributed by atoms with Crippen LogP contribution in [0.25, 0.3) is 22.5 Å². The van der Waals surface area contributed by atoms with E-state index < -0.39 is 27.5 Å². The second kappa shape index (κ2) is 9.53. The third kappa shape index (κ3) is 5.95. The SMILES string of the molecule is Cn1nnc(-c2c(F)cc(Cl)cc2-c2cnc(CNC(=O)NCCS(C)(=O)=O)c(F)c2)n1. The maximum Gasteiger partial charge on any atom is 0.315 e. The van der Waals surface area contributed by atoms with Crippen molar-refractivity contribution in [3.8, 4) is 22.5 Å². The molecule has 14 heteroatoms. The van der Waals surface area contributed by atoms with Crippen molar-refractivity contribution in [2.75, 3.05) is 18.6 Å². The molecular formula is C18H18ClF2N7O3S. The van der Waals surface area contributed by atoms with Crippen LogP contribution < -0.4 is 10.6 Å². The van der Waals surface area contributed by atoms with E-state index in [-0.39, 0.29) is 52.1 Å². The lowest BCUT2D eigenvalue weighted by atomic mass is 9.99. The van der Waals surface area contributed by atoms with Gasteiger partial charge in [0.15, 0.2) is 0 Å². The number of pyridine rings is 1. The minimum Gasteiger partial charge on any atom is -0.337 e. The van der Waals surface area contributed by atoms with Gasteiger partial charge in [-0.2, -0.15) is 4.80 Å². The van der Waals surface area contributed by atoms with Crippen LogP contribution in [0.1, 0.15) is 5.69 Å². The molecule has 1 aromatic carbocycles. The van der Waals surface area contributed by atoms with Crippen LogP contribution in [0.2, 0.25) is 5.02 Å². The molecule has 3 rings (SSSR count). The number of aryl methyl sites for hydroxylation is 1. The minimum atomic E-state index is -3.22. The summed E-state index contributed by atoms with van der Waals surface area (Å²) in [7, 11) is -1.70. The zero-order valence-electron chi connectivity index (χ0n) is 16.9. The molecule has 10 nitrogen and oxygen atoms in total. The number of aromatic nitrogens is 5. The van der Waals surface area contributed by atoms with Crippen molar-refractivity contribution in [3.63, 3.8) is 0 Å². The summed E-state index contributed by atoms with van der Waals surface area (Å²) in [5, 5.41) is 16.3. The number of benzene rings is 1. The third-order valence-electron chi connectivity index (χ3n) is 4.19. The molecule has 2 heterocycles. The average molecular weight is 486 g/mol. The van der Waals surface area contributed by atoms with Crippen molar-refractivity contribution < 1.29 is 22.0 Å². The number of amides is 2. The Balaban J connectivity index is 1.79. The molecule has 3 aromatic rings. The van der Waals surface area contributed by atoms with E-state index in [0.717, 1.165) is 23.2 Å². The molecule has 0 unspecified atom stereocenters. The lowest BCUT2D eigenvalue weighted by Gasteiger charge is -2.11. The monoisotopic (exact) mass is 485 g/mol. The number of sulfone groups is 1. The third-order valence-corrected chi connectivity index (χ3v) is 5.35. The zero-order valence-corrected chi connectivity index (χ0v) is 18.5. The molecule has 0 bridgehead atoms. The van der Waals surface area contributed by atoms with Gasteiger partial charge in [-0.05, 0) is 29.0 Å². The summed E-state index contributed by atoms with van der Waals surface area (Å²) in [4.78, 5) is 16.9. The Morgan fingerprint density at radius 3 is 2.56 bits per heavy atom. The molecule has 0 spiro atoms. The van der Waals surface area contributed by atoms with Crippen LogP contribution in [-0.2, 0) is 23.4 Å². The van der Waals surface area contributed by atoms with Crippen molar-refractivity contribution in [1.82, 2.24) is 35.8 Å². The highest BCUT2D eigenvalue weighted by Gasteiger charge is 2.20. The number of nitrogens with one attached hydrogen (secondary N) is 2.